The quantitative estimate of drug-likeness (QED) is 0.495. The molecule has 1 saturated carbocycles. The fourth-order valence-corrected chi connectivity index (χ4v) is 2.37. The van der Waals surface area contributed by atoms with Gasteiger partial charge in [0.2, 0.25) is 0 Å². The monoisotopic (exact) mass is 212 g/mol. The van der Waals surface area contributed by atoms with E-state index in [4.69, 9.17) is 9.47 Å². The van der Waals surface area contributed by atoms with Gasteiger partial charge in [0, 0.05) is 12.5 Å². The van der Waals surface area contributed by atoms with Crippen molar-refractivity contribution < 1.29 is 9.47 Å². The molecule has 1 aliphatic rings. The Labute approximate surface area is 93.7 Å². The van der Waals surface area contributed by atoms with Gasteiger partial charge in [-0.1, -0.05) is 13.0 Å². The minimum Gasteiger partial charge on any atom is -0.353 e. The molecule has 0 radical (unpaired) electrons. The predicted molar refractivity (Wildman–Crippen MR) is 62.7 cm³/mol. The minimum absolute atomic E-state index is 0.0606. The van der Waals surface area contributed by atoms with Crippen LogP contribution in [0.2, 0.25) is 0 Å². The molecule has 0 bridgehead atoms. The van der Waals surface area contributed by atoms with Gasteiger partial charge in [0.1, 0.15) is 0 Å². The summed E-state index contributed by atoms with van der Waals surface area (Å²) < 4.78 is 11.6. The maximum Gasteiger partial charge on any atom is 0.155 e. The average Bonchev–Trinajstić information content (AvgIpc) is 2.56. The van der Waals surface area contributed by atoms with E-state index in [1.165, 1.54) is 12.8 Å². The lowest BCUT2D eigenvalue weighted by Crippen LogP contribution is -2.36. The molecule has 0 N–H and O–H groups in total. The van der Waals surface area contributed by atoms with Gasteiger partial charge in [-0.05, 0) is 39.5 Å². The molecular weight excluding hydrogens is 188 g/mol. The van der Waals surface area contributed by atoms with Gasteiger partial charge in [-0.15, -0.1) is 6.58 Å². The molecule has 2 heteroatoms. The maximum atomic E-state index is 6.01. The number of hydrogen-bond acceptors (Lipinski definition) is 2. The first-order valence-electron chi connectivity index (χ1n) is 6.04. The predicted octanol–water partition coefficient (Wildman–Crippen LogP) is 3.52. The lowest BCUT2D eigenvalue weighted by molar-refractivity contribution is -0.202. The molecule has 3 atom stereocenters. The SMILES string of the molecule is C=CC1CCCC1(C)OC(C)OCCC. The van der Waals surface area contributed by atoms with Gasteiger partial charge in [0.25, 0.3) is 0 Å². The normalized spacial score (nSPS) is 32.9. The molecule has 0 heterocycles. The van der Waals surface area contributed by atoms with Gasteiger partial charge in [-0.25, -0.2) is 0 Å². The van der Waals surface area contributed by atoms with E-state index in [9.17, 15) is 0 Å². The van der Waals surface area contributed by atoms with E-state index in [1.54, 1.807) is 0 Å². The lowest BCUT2D eigenvalue weighted by Gasteiger charge is -2.33. The van der Waals surface area contributed by atoms with Crippen LogP contribution in [0.4, 0.5) is 0 Å². The maximum absolute atomic E-state index is 6.01. The molecule has 15 heavy (non-hydrogen) atoms. The molecule has 0 aromatic heterocycles. The second-order valence-electron chi connectivity index (χ2n) is 4.60. The first-order valence-corrected chi connectivity index (χ1v) is 6.04. The molecule has 1 rings (SSSR count). The zero-order valence-electron chi connectivity index (χ0n) is 10.3. The van der Waals surface area contributed by atoms with Gasteiger partial charge in [-0.3, -0.25) is 0 Å². The Morgan fingerprint density at radius 2 is 2.33 bits per heavy atom. The molecule has 1 aliphatic carbocycles. The van der Waals surface area contributed by atoms with Gasteiger partial charge in [0.05, 0.1) is 5.60 Å². The molecule has 3 unspecified atom stereocenters. The van der Waals surface area contributed by atoms with Crippen LogP contribution < -0.4 is 0 Å². The van der Waals surface area contributed by atoms with Crippen LogP contribution in [0.3, 0.4) is 0 Å². The third-order valence-electron chi connectivity index (χ3n) is 3.25. The van der Waals surface area contributed by atoms with Crippen molar-refractivity contribution in [3.63, 3.8) is 0 Å². The smallest absolute Gasteiger partial charge is 0.155 e. The first-order chi connectivity index (χ1) is 7.12. The van der Waals surface area contributed by atoms with Crippen molar-refractivity contribution in [1.82, 2.24) is 0 Å². The number of ether oxygens (including phenoxy) is 2. The van der Waals surface area contributed by atoms with Gasteiger partial charge in [0.15, 0.2) is 6.29 Å². The van der Waals surface area contributed by atoms with Crippen molar-refractivity contribution >= 4 is 0 Å². The van der Waals surface area contributed by atoms with Crippen LogP contribution in [0.25, 0.3) is 0 Å². The van der Waals surface area contributed by atoms with Crippen LogP contribution in [-0.4, -0.2) is 18.5 Å². The summed E-state index contributed by atoms with van der Waals surface area (Å²) >= 11 is 0. The second-order valence-corrected chi connectivity index (χ2v) is 4.60. The Bertz CT molecular complexity index is 203. The summed E-state index contributed by atoms with van der Waals surface area (Å²) in [5.41, 5.74) is -0.0606. The third kappa shape index (κ3) is 3.32. The van der Waals surface area contributed by atoms with Crippen molar-refractivity contribution in [1.29, 1.82) is 0 Å². The second kappa shape index (κ2) is 5.66. The summed E-state index contributed by atoms with van der Waals surface area (Å²) in [5.74, 6) is 0.477. The molecule has 88 valence electrons. The van der Waals surface area contributed by atoms with E-state index in [0.29, 0.717) is 5.92 Å². The average molecular weight is 212 g/mol. The fraction of sp³-hybridized carbons (Fsp3) is 0.846. The van der Waals surface area contributed by atoms with Crippen LogP contribution in [0.15, 0.2) is 12.7 Å². The van der Waals surface area contributed by atoms with Crippen LogP contribution in [0.5, 0.6) is 0 Å². The molecule has 0 aromatic rings. The Balaban J connectivity index is 2.44. The fourth-order valence-electron chi connectivity index (χ4n) is 2.37. The summed E-state index contributed by atoms with van der Waals surface area (Å²) in [6.07, 6.45) is 6.50. The van der Waals surface area contributed by atoms with E-state index in [1.807, 2.05) is 13.0 Å². The lowest BCUT2D eigenvalue weighted by atomic mass is 9.93. The van der Waals surface area contributed by atoms with E-state index in [2.05, 4.69) is 20.4 Å². The molecule has 2 nitrogen and oxygen atoms in total. The minimum atomic E-state index is -0.101. The third-order valence-corrected chi connectivity index (χ3v) is 3.25. The summed E-state index contributed by atoms with van der Waals surface area (Å²) in [5, 5.41) is 0. The number of hydrogen-bond donors (Lipinski definition) is 0. The van der Waals surface area contributed by atoms with Crippen molar-refractivity contribution in [2.75, 3.05) is 6.61 Å². The molecule has 0 amide bonds. The standard InChI is InChI=1S/C13H24O2/c1-5-10-14-11(3)15-13(4)9-7-8-12(13)6-2/h6,11-12H,2,5,7-10H2,1,3-4H3. The Morgan fingerprint density at radius 1 is 1.60 bits per heavy atom. The van der Waals surface area contributed by atoms with Crippen LogP contribution >= 0.6 is 0 Å². The van der Waals surface area contributed by atoms with Crippen molar-refractivity contribution in [2.45, 2.75) is 58.3 Å². The summed E-state index contributed by atoms with van der Waals surface area (Å²) in [4.78, 5) is 0. The highest BCUT2D eigenvalue weighted by atomic mass is 16.7. The van der Waals surface area contributed by atoms with E-state index in [-0.39, 0.29) is 11.9 Å². The molecule has 0 saturated heterocycles. The van der Waals surface area contributed by atoms with E-state index < -0.39 is 0 Å². The molecule has 1 fully saturated rings. The highest BCUT2D eigenvalue weighted by Gasteiger charge is 2.39. The highest BCUT2D eigenvalue weighted by Crippen LogP contribution is 2.39. The molecule has 0 spiro atoms. The molecular formula is C13H24O2. The summed E-state index contributed by atoms with van der Waals surface area (Å²) in [6.45, 7) is 10.9. The summed E-state index contributed by atoms with van der Waals surface area (Å²) in [7, 11) is 0. The topological polar surface area (TPSA) is 18.5 Å². The van der Waals surface area contributed by atoms with Crippen molar-refractivity contribution in [3.8, 4) is 0 Å². The van der Waals surface area contributed by atoms with Gasteiger partial charge >= 0.3 is 0 Å². The van der Waals surface area contributed by atoms with Crippen molar-refractivity contribution in [2.24, 2.45) is 5.92 Å². The van der Waals surface area contributed by atoms with E-state index >= 15 is 0 Å². The highest BCUT2D eigenvalue weighted by molar-refractivity contribution is 4.99. The molecule has 0 aromatic carbocycles. The Kier molecular flexibility index (Phi) is 4.81. The number of rotatable bonds is 6. The van der Waals surface area contributed by atoms with Crippen LogP contribution in [0.1, 0.15) is 46.5 Å². The summed E-state index contributed by atoms with van der Waals surface area (Å²) in [6, 6.07) is 0. The van der Waals surface area contributed by atoms with E-state index in [0.717, 1.165) is 19.4 Å². The Hall–Kier alpha value is -0.340. The van der Waals surface area contributed by atoms with Gasteiger partial charge < -0.3 is 9.47 Å². The zero-order chi connectivity index (χ0) is 11.3. The largest absolute Gasteiger partial charge is 0.353 e. The Morgan fingerprint density at radius 3 is 2.93 bits per heavy atom. The zero-order valence-corrected chi connectivity index (χ0v) is 10.3. The first kappa shape index (κ1) is 12.7. The molecule has 0 aliphatic heterocycles. The van der Waals surface area contributed by atoms with Crippen LogP contribution in [-0.2, 0) is 9.47 Å². The van der Waals surface area contributed by atoms with Gasteiger partial charge in [-0.2, -0.15) is 0 Å². The van der Waals surface area contributed by atoms with Crippen LogP contribution in [0, 0.1) is 5.92 Å². The van der Waals surface area contributed by atoms with Crippen molar-refractivity contribution in [3.05, 3.63) is 12.7 Å².